The summed E-state index contributed by atoms with van der Waals surface area (Å²) >= 11 is 0. The fourth-order valence-corrected chi connectivity index (χ4v) is 7.27. The summed E-state index contributed by atoms with van der Waals surface area (Å²) in [4.78, 5) is 48.2. The number of carbonyl (C=O) groups excluding carboxylic acids is 3. The zero-order valence-corrected chi connectivity index (χ0v) is 24.5. The normalized spacial score (nSPS) is 29.0. The van der Waals surface area contributed by atoms with Gasteiger partial charge >= 0.3 is 0 Å². The molecule has 3 saturated heterocycles. The van der Waals surface area contributed by atoms with Crippen LogP contribution < -0.4 is 0 Å². The Kier molecular flexibility index (Phi) is 11.2. The van der Waals surface area contributed by atoms with Gasteiger partial charge in [-0.2, -0.15) is 0 Å². The Hall–Kier alpha value is -2.19. The third-order valence-electron chi connectivity index (χ3n) is 9.09. The summed E-state index contributed by atoms with van der Waals surface area (Å²) in [7, 11) is 0. The minimum Gasteiger partial charge on any atom is -0.396 e. The molecule has 8 nitrogen and oxygen atoms in total. The zero-order valence-electron chi connectivity index (χ0n) is 24.5. The van der Waals surface area contributed by atoms with Gasteiger partial charge in [0, 0.05) is 39.3 Å². The predicted octanol–water partition coefficient (Wildman–Crippen LogP) is 3.93. The van der Waals surface area contributed by atoms with E-state index in [1.165, 1.54) is 0 Å². The second-order valence-corrected chi connectivity index (χ2v) is 11.5. The van der Waals surface area contributed by atoms with Gasteiger partial charge < -0.3 is 24.5 Å². The number of hydrogen-bond acceptors (Lipinski definition) is 5. The molecule has 1 N–H and O–H groups in total. The first-order valence-corrected chi connectivity index (χ1v) is 15.2. The molecule has 0 aromatic rings. The van der Waals surface area contributed by atoms with Crippen LogP contribution in [0.25, 0.3) is 0 Å². The third-order valence-corrected chi connectivity index (χ3v) is 9.09. The molecule has 3 amide bonds. The van der Waals surface area contributed by atoms with E-state index in [4.69, 9.17) is 4.74 Å². The largest absolute Gasteiger partial charge is 0.396 e. The van der Waals surface area contributed by atoms with E-state index in [-0.39, 0.29) is 24.3 Å². The zero-order chi connectivity index (χ0) is 28.6. The fourth-order valence-electron chi connectivity index (χ4n) is 7.27. The lowest BCUT2D eigenvalue weighted by Gasteiger charge is -2.37. The molecule has 3 fully saturated rings. The lowest BCUT2D eigenvalue weighted by Crippen LogP contribution is -2.56. The molecule has 3 rings (SSSR count). The highest BCUT2D eigenvalue weighted by atomic mass is 16.5. The first-order chi connectivity index (χ1) is 18.8. The van der Waals surface area contributed by atoms with Crippen molar-refractivity contribution in [2.75, 3.05) is 39.3 Å². The van der Waals surface area contributed by atoms with E-state index in [9.17, 15) is 19.5 Å². The molecule has 0 aromatic carbocycles. The molecule has 8 heteroatoms. The van der Waals surface area contributed by atoms with E-state index in [1.807, 2.05) is 18.7 Å². The molecule has 0 aliphatic carbocycles. The number of unbranched alkanes of at least 4 members (excludes halogenated alkanes) is 4. The van der Waals surface area contributed by atoms with Crippen LogP contribution in [0.3, 0.4) is 0 Å². The quantitative estimate of drug-likeness (QED) is 0.208. The molecule has 0 radical (unpaired) electrons. The molecule has 0 saturated carbocycles. The number of amides is 3. The van der Waals surface area contributed by atoms with E-state index >= 15 is 0 Å². The maximum Gasteiger partial charge on any atom is 0.248 e. The molecule has 2 bridgehead atoms. The van der Waals surface area contributed by atoms with Crippen LogP contribution in [0.1, 0.15) is 85.0 Å². The van der Waals surface area contributed by atoms with Crippen LogP contribution in [-0.2, 0) is 19.1 Å². The molecule has 3 heterocycles. The van der Waals surface area contributed by atoms with Crippen molar-refractivity contribution in [2.45, 2.75) is 102 Å². The van der Waals surface area contributed by atoms with Crippen molar-refractivity contribution in [3.05, 3.63) is 25.3 Å². The smallest absolute Gasteiger partial charge is 0.248 e. The topological polar surface area (TPSA) is 90.4 Å². The molecular formula is C31H51N3O5. The highest BCUT2D eigenvalue weighted by Crippen LogP contribution is 2.64. The van der Waals surface area contributed by atoms with E-state index in [0.29, 0.717) is 64.8 Å². The number of fused-ring (bicyclic) bond motifs is 1. The van der Waals surface area contributed by atoms with Crippen molar-refractivity contribution in [3.8, 4) is 0 Å². The molecule has 2 unspecified atom stereocenters. The van der Waals surface area contributed by atoms with Gasteiger partial charge in [0.2, 0.25) is 17.7 Å². The molecule has 3 aliphatic rings. The van der Waals surface area contributed by atoms with Crippen molar-refractivity contribution in [3.63, 3.8) is 0 Å². The van der Waals surface area contributed by atoms with Crippen LogP contribution in [0, 0.1) is 11.8 Å². The third kappa shape index (κ3) is 5.83. The standard InChI is InChI=1S/C31H51N3O5/c1-6-11-13-21-33(20-9-4)29(38)26-31-17-16-30(10-5,39-31)24(27(36)32(18-7-2)19-8-3)25(31)28(37)34(26)22-14-12-15-23-35/h7,9,24-26,35H,2,4,6,8,10-23H2,1,3,5H3/t24-,25-,26?,30+,31?/m0/s1. The number of likely N-dealkylation sites (tertiary alicyclic amines) is 1. The maximum atomic E-state index is 14.4. The van der Waals surface area contributed by atoms with Gasteiger partial charge in [-0.3, -0.25) is 14.4 Å². The Balaban J connectivity index is 2.04. The van der Waals surface area contributed by atoms with E-state index < -0.39 is 29.1 Å². The van der Waals surface area contributed by atoms with Crippen molar-refractivity contribution < 1.29 is 24.2 Å². The molecule has 0 aromatic heterocycles. The summed E-state index contributed by atoms with van der Waals surface area (Å²) < 4.78 is 6.93. The molecule has 1 spiro atoms. The van der Waals surface area contributed by atoms with E-state index in [0.717, 1.165) is 32.1 Å². The van der Waals surface area contributed by atoms with Crippen LogP contribution in [0.4, 0.5) is 0 Å². The lowest BCUT2D eigenvalue weighted by atomic mass is 9.64. The minimum absolute atomic E-state index is 0.0576. The highest BCUT2D eigenvalue weighted by molar-refractivity contribution is 5.99. The molecular weight excluding hydrogens is 494 g/mol. The number of rotatable bonds is 18. The van der Waals surface area contributed by atoms with E-state index in [1.54, 1.807) is 22.0 Å². The van der Waals surface area contributed by atoms with E-state index in [2.05, 4.69) is 20.1 Å². The summed E-state index contributed by atoms with van der Waals surface area (Å²) in [6.07, 6.45) is 11.2. The average Bonchev–Trinajstić information content (AvgIpc) is 3.53. The average molecular weight is 546 g/mol. The van der Waals surface area contributed by atoms with Crippen molar-refractivity contribution in [1.82, 2.24) is 14.7 Å². The Bertz CT molecular complexity index is 893. The summed E-state index contributed by atoms with van der Waals surface area (Å²) in [5.41, 5.74) is -1.74. The van der Waals surface area contributed by atoms with Gasteiger partial charge in [0.15, 0.2) is 0 Å². The Labute approximate surface area is 235 Å². The fraction of sp³-hybridized carbons (Fsp3) is 0.774. The number of carbonyl (C=O) groups is 3. The Morgan fingerprint density at radius 2 is 1.67 bits per heavy atom. The summed E-state index contributed by atoms with van der Waals surface area (Å²) in [6, 6.07) is -0.754. The second-order valence-electron chi connectivity index (χ2n) is 11.5. The van der Waals surface area contributed by atoms with Crippen LogP contribution in [0.2, 0.25) is 0 Å². The Morgan fingerprint density at radius 3 is 2.26 bits per heavy atom. The van der Waals surface area contributed by atoms with Crippen LogP contribution >= 0.6 is 0 Å². The summed E-state index contributed by atoms with van der Waals surface area (Å²) in [5, 5.41) is 9.27. The summed E-state index contributed by atoms with van der Waals surface area (Å²) in [5.74, 6) is -1.57. The maximum absolute atomic E-state index is 14.4. The monoisotopic (exact) mass is 545 g/mol. The molecule has 39 heavy (non-hydrogen) atoms. The van der Waals surface area contributed by atoms with Gasteiger partial charge in [0.25, 0.3) is 0 Å². The second kappa shape index (κ2) is 13.9. The minimum atomic E-state index is -1.00. The number of nitrogens with zero attached hydrogens (tertiary/aromatic N) is 3. The van der Waals surface area contributed by atoms with Crippen molar-refractivity contribution >= 4 is 17.7 Å². The number of ether oxygens (including phenoxy) is 1. The summed E-state index contributed by atoms with van der Waals surface area (Å²) in [6.45, 7) is 16.5. The van der Waals surface area contributed by atoms with Gasteiger partial charge in [-0.15, -0.1) is 13.2 Å². The lowest BCUT2D eigenvalue weighted by molar-refractivity contribution is -0.155. The van der Waals surface area contributed by atoms with Crippen LogP contribution in [0.15, 0.2) is 25.3 Å². The first kappa shape index (κ1) is 31.3. The van der Waals surface area contributed by atoms with Crippen molar-refractivity contribution in [1.29, 1.82) is 0 Å². The number of aliphatic hydroxyl groups excluding tert-OH is 1. The molecule has 220 valence electrons. The van der Waals surface area contributed by atoms with Gasteiger partial charge in [0.05, 0.1) is 17.4 Å². The predicted molar refractivity (Wildman–Crippen MR) is 153 cm³/mol. The molecule has 3 aliphatic heterocycles. The first-order valence-electron chi connectivity index (χ1n) is 15.2. The SMILES string of the molecule is C=CCN(CCCCC)C(=O)C1N(CCCCCO)C(=O)[C@@H]2[C@@H](C(=O)N(CC=C)CCC)[C@@]3(CC)CCC12O3. The van der Waals surface area contributed by atoms with Crippen LogP contribution in [0.5, 0.6) is 0 Å². The number of hydrogen-bond donors (Lipinski definition) is 1. The van der Waals surface area contributed by atoms with Crippen LogP contribution in [-0.4, -0.2) is 94.1 Å². The molecule has 5 atom stereocenters. The van der Waals surface area contributed by atoms with Gasteiger partial charge in [-0.1, -0.05) is 45.8 Å². The number of aliphatic hydroxyl groups is 1. The Morgan fingerprint density at radius 1 is 0.974 bits per heavy atom. The van der Waals surface area contributed by atoms with Crippen molar-refractivity contribution in [2.24, 2.45) is 11.8 Å². The van der Waals surface area contributed by atoms with Gasteiger partial charge in [0.1, 0.15) is 11.6 Å². The van der Waals surface area contributed by atoms with Gasteiger partial charge in [-0.25, -0.2) is 0 Å². The highest BCUT2D eigenvalue weighted by Gasteiger charge is 2.78. The van der Waals surface area contributed by atoms with Gasteiger partial charge in [-0.05, 0) is 51.4 Å².